The molecule has 0 heterocycles. The van der Waals surface area contributed by atoms with Crippen molar-refractivity contribution in [3.63, 3.8) is 0 Å². The molecule has 0 aliphatic heterocycles. The predicted octanol–water partition coefficient (Wildman–Crippen LogP) is 3.91. The molecule has 2 N–H and O–H groups in total. The second-order valence-corrected chi connectivity index (χ2v) is 6.29. The number of nitrogens with two attached hydrogens (primary N) is 1. The molecule has 0 saturated carbocycles. The van der Waals surface area contributed by atoms with E-state index >= 15 is 0 Å². The summed E-state index contributed by atoms with van der Waals surface area (Å²) in [6.07, 6.45) is 0.120. The van der Waals surface area contributed by atoms with Crippen LogP contribution in [-0.4, -0.2) is 19.1 Å². The monoisotopic (exact) mass is 345 g/mol. The zero-order chi connectivity index (χ0) is 18.4. The van der Waals surface area contributed by atoms with Crippen molar-refractivity contribution in [3.8, 4) is 0 Å². The van der Waals surface area contributed by atoms with Crippen LogP contribution in [0.2, 0.25) is 0 Å². The van der Waals surface area contributed by atoms with E-state index in [-0.39, 0.29) is 12.4 Å². The Bertz CT molecular complexity index is 735. The highest BCUT2D eigenvalue weighted by molar-refractivity contribution is 5.71. The molecule has 0 amide bonds. The van der Waals surface area contributed by atoms with E-state index in [1.54, 1.807) is 0 Å². The van der Waals surface area contributed by atoms with Crippen LogP contribution < -0.4 is 5.73 Å². The minimum Gasteiger partial charge on any atom is -0.469 e. The summed E-state index contributed by atoms with van der Waals surface area (Å²) in [5.74, 6) is -0.315. The Morgan fingerprint density at radius 1 is 0.808 bits per heavy atom. The highest BCUT2D eigenvalue weighted by atomic mass is 16.5. The number of esters is 1. The maximum Gasteiger partial charge on any atom is 0.307 e. The lowest BCUT2D eigenvalue weighted by molar-refractivity contribution is -0.141. The van der Waals surface area contributed by atoms with E-state index in [1.807, 2.05) is 54.6 Å². The SMILES string of the molecule is COC(=O)CC(N)C(c1ccccc1)(c1ccccc1)c1ccccc1. The lowest BCUT2D eigenvalue weighted by Gasteiger charge is -2.40. The number of carbonyl (C=O) groups excluding carboxylic acids is 1. The number of hydrogen-bond donors (Lipinski definition) is 1. The lowest BCUT2D eigenvalue weighted by atomic mass is 9.64. The van der Waals surface area contributed by atoms with E-state index in [2.05, 4.69) is 36.4 Å². The van der Waals surface area contributed by atoms with E-state index in [9.17, 15) is 4.79 Å². The molecule has 132 valence electrons. The third-order valence-corrected chi connectivity index (χ3v) is 4.86. The van der Waals surface area contributed by atoms with E-state index in [1.165, 1.54) is 7.11 Å². The predicted molar refractivity (Wildman–Crippen MR) is 104 cm³/mol. The summed E-state index contributed by atoms with van der Waals surface area (Å²) in [7, 11) is 1.39. The first-order chi connectivity index (χ1) is 12.7. The quantitative estimate of drug-likeness (QED) is 0.544. The minimum atomic E-state index is -0.655. The highest BCUT2D eigenvalue weighted by Gasteiger charge is 2.42. The van der Waals surface area contributed by atoms with E-state index < -0.39 is 11.5 Å². The molecule has 3 aromatic rings. The van der Waals surface area contributed by atoms with Crippen molar-refractivity contribution >= 4 is 5.97 Å². The second-order valence-electron chi connectivity index (χ2n) is 6.29. The largest absolute Gasteiger partial charge is 0.469 e. The Balaban J connectivity index is 2.30. The van der Waals surface area contributed by atoms with Crippen molar-refractivity contribution in [2.24, 2.45) is 5.73 Å². The summed E-state index contributed by atoms with van der Waals surface area (Å²) >= 11 is 0. The van der Waals surface area contributed by atoms with Crippen LogP contribution in [0.5, 0.6) is 0 Å². The van der Waals surface area contributed by atoms with Crippen molar-refractivity contribution < 1.29 is 9.53 Å². The maximum absolute atomic E-state index is 12.1. The molecule has 0 fully saturated rings. The topological polar surface area (TPSA) is 52.3 Å². The van der Waals surface area contributed by atoms with Gasteiger partial charge in [-0.3, -0.25) is 4.79 Å². The standard InChI is InChI=1S/C23H23NO2/c1-26-22(25)17-21(24)23(18-11-5-2-6-12-18,19-13-7-3-8-14-19)20-15-9-4-10-16-20/h2-16,21H,17,24H2,1H3. The van der Waals surface area contributed by atoms with Gasteiger partial charge in [0.15, 0.2) is 0 Å². The van der Waals surface area contributed by atoms with Crippen LogP contribution in [0.1, 0.15) is 23.1 Å². The van der Waals surface area contributed by atoms with Gasteiger partial charge >= 0.3 is 5.97 Å². The summed E-state index contributed by atoms with van der Waals surface area (Å²) in [5.41, 5.74) is 9.22. The molecule has 3 nitrogen and oxygen atoms in total. The Morgan fingerprint density at radius 2 is 1.15 bits per heavy atom. The molecule has 0 aromatic heterocycles. The fourth-order valence-corrected chi connectivity index (χ4v) is 3.66. The van der Waals surface area contributed by atoms with Gasteiger partial charge in [0, 0.05) is 6.04 Å². The van der Waals surface area contributed by atoms with E-state index in [0.717, 1.165) is 16.7 Å². The van der Waals surface area contributed by atoms with Crippen LogP contribution in [0, 0.1) is 0 Å². The molecule has 0 radical (unpaired) electrons. The van der Waals surface area contributed by atoms with Gasteiger partial charge in [-0.05, 0) is 16.7 Å². The second kappa shape index (κ2) is 7.98. The van der Waals surface area contributed by atoms with Crippen LogP contribution in [-0.2, 0) is 14.9 Å². The first-order valence-corrected chi connectivity index (χ1v) is 8.68. The van der Waals surface area contributed by atoms with Crippen LogP contribution in [0.3, 0.4) is 0 Å². The molecule has 0 spiro atoms. The fourth-order valence-electron chi connectivity index (χ4n) is 3.66. The molecular formula is C23H23NO2. The van der Waals surface area contributed by atoms with Gasteiger partial charge < -0.3 is 10.5 Å². The molecule has 0 aliphatic carbocycles. The van der Waals surface area contributed by atoms with Crippen molar-refractivity contribution in [2.45, 2.75) is 17.9 Å². The molecule has 1 atom stereocenters. The molecule has 0 bridgehead atoms. The third kappa shape index (κ3) is 3.26. The van der Waals surface area contributed by atoms with Crippen molar-refractivity contribution in [1.82, 2.24) is 0 Å². The van der Waals surface area contributed by atoms with Gasteiger partial charge in [0.05, 0.1) is 18.9 Å². The van der Waals surface area contributed by atoms with Gasteiger partial charge in [-0.1, -0.05) is 91.0 Å². The lowest BCUT2D eigenvalue weighted by Crippen LogP contribution is -2.48. The minimum absolute atomic E-state index is 0.120. The third-order valence-electron chi connectivity index (χ3n) is 4.86. The van der Waals surface area contributed by atoms with Gasteiger partial charge in [0.1, 0.15) is 0 Å². The zero-order valence-electron chi connectivity index (χ0n) is 14.8. The van der Waals surface area contributed by atoms with Crippen LogP contribution in [0.25, 0.3) is 0 Å². The number of carbonyl (C=O) groups is 1. The van der Waals surface area contributed by atoms with Gasteiger partial charge in [0.2, 0.25) is 0 Å². The molecule has 1 unspecified atom stereocenters. The highest BCUT2D eigenvalue weighted by Crippen LogP contribution is 2.42. The van der Waals surface area contributed by atoms with Crippen LogP contribution in [0.15, 0.2) is 91.0 Å². The maximum atomic E-state index is 12.1. The zero-order valence-corrected chi connectivity index (χ0v) is 14.8. The van der Waals surface area contributed by atoms with Gasteiger partial charge in [-0.2, -0.15) is 0 Å². The van der Waals surface area contributed by atoms with Crippen LogP contribution in [0.4, 0.5) is 0 Å². The number of hydrogen-bond acceptors (Lipinski definition) is 3. The normalized spacial score (nSPS) is 12.4. The molecule has 3 heteroatoms. The van der Waals surface area contributed by atoms with E-state index in [0.29, 0.717) is 0 Å². The average Bonchev–Trinajstić information content (AvgIpc) is 2.71. The first kappa shape index (κ1) is 17.9. The van der Waals surface area contributed by atoms with Crippen molar-refractivity contribution in [1.29, 1.82) is 0 Å². The van der Waals surface area contributed by atoms with Gasteiger partial charge in [-0.15, -0.1) is 0 Å². The summed E-state index contributed by atoms with van der Waals surface area (Å²) in [5, 5.41) is 0. The fraction of sp³-hybridized carbons (Fsp3) is 0.174. The Hall–Kier alpha value is -2.91. The molecule has 0 aliphatic rings. The summed E-state index contributed by atoms with van der Waals surface area (Å²) in [6.45, 7) is 0. The number of benzene rings is 3. The molecule has 0 saturated heterocycles. The first-order valence-electron chi connectivity index (χ1n) is 8.68. The number of ether oxygens (including phenoxy) is 1. The summed E-state index contributed by atoms with van der Waals surface area (Å²) in [4.78, 5) is 12.1. The number of rotatable bonds is 6. The molecule has 26 heavy (non-hydrogen) atoms. The number of methoxy groups -OCH3 is 1. The van der Waals surface area contributed by atoms with Gasteiger partial charge in [0.25, 0.3) is 0 Å². The Kier molecular flexibility index (Phi) is 5.49. The van der Waals surface area contributed by atoms with Gasteiger partial charge in [-0.25, -0.2) is 0 Å². The molecule has 3 rings (SSSR count). The Labute approximate surface area is 154 Å². The van der Waals surface area contributed by atoms with Crippen LogP contribution >= 0.6 is 0 Å². The van der Waals surface area contributed by atoms with Crippen molar-refractivity contribution in [3.05, 3.63) is 108 Å². The smallest absolute Gasteiger partial charge is 0.307 e. The molecule has 3 aromatic carbocycles. The average molecular weight is 345 g/mol. The molecular weight excluding hydrogens is 322 g/mol. The van der Waals surface area contributed by atoms with E-state index in [4.69, 9.17) is 10.5 Å². The van der Waals surface area contributed by atoms with Crippen molar-refractivity contribution in [2.75, 3.05) is 7.11 Å². The summed E-state index contributed by atoms with van der Waals surface area (Å²) < 4.78 is 4.90. The Morgan fingerprint density at radius 3 is 1.46 bits per heavy atom. The summed E-state index contributed by atoms with van der Waals surface area (Å²) in [6, 6.07) is 29.9.